The Morgan fingerprint density at radius 2 is 1.72 bits per heavy atom. The van der Waals surface area contributed by atoms with Crippen molar-refractivity contribution in [1.82, 2.24) is 4.90 Å². The summed E-state index contributed by atoms with van der Waals surface area (Å²) in [5, 5.41) is 0. The number of hydrogen-bond acceptors (Lipinski definition) is 1. The summed E-state index contributed by atoms with van der Waals surface area (Å²) in [6.07, 6.45) is 2.65. The van der Waals surface area contributed by atoms with Gasteiger partial charge < -0.3 is 4.90 Å². The van der Waals surface area contributed by atoms with E-state index in [-0.39, 0.29) is 11.6 Å². The van der Waals surface area contributed by atoms with Gasteiger partial charge in [-0.05, 0) is 66.8 Å². The summed E-state index contributed by atoms with van der Waals surface area (Å²) < 4.78 is 28.7. The third-order valence-corrected chi connectivity index (χ3v) is 5.85. The number of rotatable bonds is 1. The number of benzene rings is 2. The summed E-state index contributed by atoms with van der Waals surface area (Å²) in [5.74, 6) is -0.396. The normalized spacial score (nSPS) is 23.8. The fraction of sp³-hybridized carbons (Fsp3) is 0.364. The van der Waals surface area contributed by atoms with Crippen LogP contribution < -0.4 is 0 Å². The highest BCUT2D eigenvalue weighted by atomic mass is 19.1. The first-order valence-corrected chi connectivity index (χ1v) is 8.94. The van der Waals surface area contributed by atoms with Gasteiger partial charge in [-0.3, -0.25) is 0 Å². The van der Waals surface area contributed by atoms with Crippen LogP contribution in [0.1, 0.15) is 36.5 Å². The second-order valence-electron chi connectivity index (χ2n) is 7.57. The zero-order valence-electron chi connectivity index (χ0n) is 14.8. The highest BCUT2D eigenvalue weighted by Crippen LogP contribution is 2.51. The van der Waals surface area contributed by atoms with Gasteiger partial charge in [0, 0.05) is 18.5 Å². The van der Waals surface area contributed by atoms with Gasteiger partial charge in [-0.1, -0.05) is 36.8 Å². The van der Waals surface area contributed by atoms with Gasteiger partial charge in [0.1, 0.15) is 11.6 Å². The predicted octanol–water partition coefficient (Wildman–Crippen LogP) is 4.96. The first-order valence-electron chi connectivity index (χ1n) is 8.94. The van der Waals surface area contributed by atoms with E-state index in [0.29, 0.717) is 5.56 Å². The summed E-state index contributed by atoms with van der Waals surface area (Å²) in [6.45, 7) is 4.11. The minimum Gasteiger partial charge on any atom is -0.306 e. The molecule has 25 heavy (non-hydrogen) atoms. The Kier molecular flexibility index (Phi) is 3.99. The van der Waals surface area contributed by atoms with Gasteiger partial charge in [0.2, 0.25) is 0 Å². The minimum absolute atomic E-state index is 0.177. The summed E-state index contributed by atoms with van der Waals surface area (Å²) in [4.78, 5) is 2.31. The van der Waals surface area contributed by atoms with Crippen LogP contribution in [0.25, 0.3) is 5.57 Å². The van der Waals surface area contributed by atoms with Crippen molar-refractivity contribution in [2.24, 2.45) is 0 Å². The van der Waals surface area contributed by atoms with E-state index in [9.17, 15) is 8.78 Å². The van der Waals surface area contributed by atoms with Crippen molar-refractivity contribution < 1.29 is 8.78 Å². The molecular formula is C22H23F2N. The molecule has 0 radical (unpaired) electrons. The van der Waals surface area contributed by atoms with E-state index < -0.39 is 5.41 Å². The number of piperidine rings is 1. The number of likely N-dealkylation sites (tertiary alicyclic amines) is 1. The molecule has 1 saturated heterocycles. The van der Waals surface area contributed by atoms with Crippen LogP contribution in [0.15, 0.2) is 48.0 Å². The molecule has 0 bridgehead atoms. The lowest BCUT2D eigenvalue weighted by molar-refractivity contribution is 0.312. The van der Waals surface area contributed by atoms with Crippen LogP contribution in [-0.4, -0.2) is 25.0 Å². The Hall–Kier alpha value is -2.00. The fourth-order valence-corrected chi connectivity index (χ4v) is 4.56. The van der Waals surface area contributed by atoms with Crippen LogP contribution in [0.5, 0.6) is 0 Å². The number of hydrogen-bond donors (Lipinski definition) is 0. The molecule has 4 rings (SSSR count). The molecule has 3 heteroatoms. The largest absolute Gasteiger partial charge is 0.306 e. The van der Waals surface area contributed by atoms with Crippen molar-refractivity contribution in [3.05, 3.63) is 76.4 Å². The Bertz CT molecular complexity index is 845. The molecule has 1 nitrogen and oxygen atoms in total. The topological polar surface area (TPSA) is 3.24 Å². The number of nitrogens with zero attached hydrogens (tertiary/aromatic N) is 1. The van der Waals surface area contributed by atoms with Crippen molar-refractivity contribution in [2.75, 3.05) is 20.1 Å². The molecule has 1 heterocycles. The smallest absolute Gasteiger partial charge is 0.127 e. The van der Waals surface area contributed by atoms with Crippen molar-refractivity contribution >= 4 is 5.57 Å². The van der Waals surface area contributed by atoms with Crippen molar-refractivity contribution in [2.45, 2.75) is 31.6 Å². The second-order valence-corrected chi connectivity index (χ2v) is 7.57. The van der Waals surface area contributed by atoms with Crippen LogP contribution in [0.3, 0.4) is 0 Å². The van der Waals surface area contributed by atoms with Gasteiger partial charge in [-0.15, -0.1) is 0 Å². The third kappa shape index (κ3) is 2.71. The van der Waals surface area contributed by atoms with E-state index in [1.807, 2.05) is 18.2 Å². The van der Waals surface area contributed by atoms with Gasteiger partial charge in [-0.25, -0.2) is 8.78 Å². The maximum atomic E-state index is 14.7. The summed E-state index contributed by atoms with van der Waals surface area (Å²) >= 11 is 0. The quantitative estimate of drug-likeness (QED) is 0.710. The lowest BCUT2D eigenvalue weighted by Gasteiger charge is -2.33. The van der Waals surface area contributed by atoms with E-state index in [1.165, 1.54) is 17.7 Å². The molecule has 0 aromatic heterocycles. The SMILES string of the molecule is CN1CCC(=C2c3cc(F)ccc3CC2(C)c2ccccc2F)CC1. The van der Waals surface area contributed by atoms with Crippen molar-refractivity contribution in [3.63, 3.8) is 0 Å². The first kappa shape index (κ1) is 16.5. The molecule has 1 unspecified atom stereocenters. The van der Waals surface area contributed by atoms with Crippen molar-refractivity contribution in [1.29, 1.82) is 0 Å². The maximum absolute atomic E-state index is 14.7. The molecule has 1 fully saturated rings. The first-order chi connectivity index (χ1) is 12.0. The monoisotopic (exact) mass is 339 g/mol. The lowest BCUT2D eigenvalue weighted by atomic mass is 9.73. The van der Waals surface area contributed by atoms with E-state index in [0.717, 1.165) is 49.1 Å². The molecule has 2 aromatic rings. The second kappa shape index (κ2) is 6.06. The van der Waals surface area contributed by atoms with Gasteiger partial charge in [0.15, 0.2) is 0 Å². The molecule has 0 N–H and O–H groups in total. The van der Waals surface area contributed by atoms with Crippen LogP contribution in [0, 0.1) is 11.6 Å². The van der Waals surface area contributed by atoms with E-state index in [2.05, 4.69) is 18.9 Å². The standard InChI is InChI=1S/C22H23F2N/c1-22(19-5-3-4-6-20(19)24)14-16-7-8-17(23)13-18(16)21(22)15-9-11-25(2)12-10-15/h3-8,13H,9-12,14H2,1-2H3. The molecule has 1 atom stereocenters. The average molecular weight is 339 g/mol. The van der Waals surface area contributed by atoms with Crippen LogP contribution in [-0.2, 0) is 11.8 Å². The molecule has 1 aliphatic carbocycles. The maximum Gasteiger partial charge on any atom is 0.127 e. The third-order valence-electron chi connectivity index (χ3n) is 5.85. The highest BCUT2D eigenvalue weighted by molar-refractivity contribution is 5.84. The molecule has 0 spiro atoms. The Balaban J connectivity index is 1.93. The molecule has 1 aliphatic heterocycles. The van der Waals surface area contributed by atoms with Gasteiger partial charge in [0.05, 0.1) is 0 Å². The fourth-order valence-electron chi connectivity index (χ4n) is 4.56. The van der Waals surface area contributed by atoms with Gasteiger partial charge in [-0.2, -0.15) is 0 Å². The average Bonchev–Trinajstić information content (AvgIpc) is 2.88. The van der Waals surface area contributed by atoms with E-state index in [4.69, 9.17) is 0 Å². The van der Waals surface area contributed by atoms with E-state index >= 15 is 0 Å². The zero-order valence-corrected chi connectivity index (χ0v) is 14.8. The zero-order chi connectivity index (χ0) is 17.6. The minimum atomic E-state index is -0.438. The van der Waals surface area contributed by atoms with Crippen LogP contribution in [0.4, 0.5) is 8.78 Å². The Morgan fingerprint density at radius 3 is 2.44 bits per heavy atom. The molecular weight excluding hydrogens is 316 g/mol. The molecule has 2 aliphatic rings. The molecule has 2 aromatic carbocycles. The summed E-state index contributed by atoms with van der Waals surface area (Å²) in [7, 11) is 2.12. The number of halogens is 2. The molecule has 0 saturated carbocycles. The Morgan fingerprint density at radius 1 is 1.00 bits per heavy atom. The van der Waals surface area contributed by atoms with Gasteiger partial charge >= 0.3 is 0 Å². The number of fused-ring (bicyclic) bond motifs is 1. The van der Waals surface area contributed by atoms with E-state index in [1.54, 1.807) is 12.1 Å². The lowest BCUT2D eigenvalue weighted by Crippen LogP contribution is -2.30. The summed E-state index contributed by atoms with van der Waals surface area (Å²) in [5.41, 5.74) is 4.88. The number of allylic oxidation sites excluding steroid dienone is 1. The van der Waals surface area contributed by atoms with Crippen LogP contribution >= 0.6 is 0 Å². The molecule has 0 amide bonds. The highest BCUT2D eigenvalue weighted by Gasteiger charge is 2.42. The Labute approximate surface area is 148 Å². The van der Waals surface area contributed by atoms with Gasteiger partial charge in [0.25, 0.3) is 0 Å². The predicted molar refractivity (Wildman–Crippen MR) is 97.5 cm³/mol. The van der Waals surface area contributed by atoms with Crippen molar-refractivity contribution in [3.8, 4) is 0 Å². The summed E-state index contributed by atoms with van der Waals surface area (Å²) in [6, 6.07) is 12.1. The molecule has 130 valence electrons. The van der Waals surface area contributed by atoms with Crippen LogP contribution in [0.2, 0.25) is 0 Å².